The molecule has 1 aromatic heterocycles. The number of nitrogens with two attached hydrogens (primary N) is 1. The maximum absolute atomic E-state index is 13.7. The smallest absolute Gasteiger partial charge is 0.259 e. The Balaban J connectivity index is 1.75. The van der Waals surface area contributed by atoms with Crippen LogP contribution >= 0.6 is 11.3 Å². The Hall–Kier alpha value is -2.33. The summed E-state index contributed by atoms with van der Waals surface area (Å²) in [4.78, 5) is 12.3. The summed E-state index contributed by atoms with van der Waals surface area (Å²) in [6.45, 7) is 1.94. The first-order valence-corrected chi connectivity index (χ1v) is 11.2. The number of halogens is 1. The molecule has 1 unspecified atom stereocenters. The summed E-state index contributed by atoms with van der Waals surface area (Å²) in [7, 11) is -3.93. The number of hydrogen-bond acceptors (Lipinski definition) is 5. The minimum absolute atomic E-state index is 0.0132. The minimum atomic E-state index is -3.93. The number of sulfonamides is 1. The fourth-order valence-corrected chi connectivity index (χ4v) is 6.35. The number of ether oxygens (including phenoxy) is 1. The summed E-state index contributed by atoms with van der Waals surface area (Å²) in [6.07, 6.45) is -0.647. The van der Waals surface area contributed by atoms with Crippen molar-refractivity contribution in [3.63, 3.8) is 0 Å². The molecule has 0 aliphatic carbocycles. The molecule has 4 rings (SSSR count). The number of fused-ring (bicyclic) bond motifs is 1. The van der Waals surface area contributed by atoms with Crippen molar-refractivity contribution in [3.05, 3.63) is 64.3 Å². The second kappa shape index (κ2) is 7.49. The maximum Gasteiger partial charge on any atom is 0.259 e. The van der Waals surface area contributed by atoms with Gasteiger partial charge in [0, 0.05) is 23.4 Å². The van der Waals surface area contributed by atoms with Crippen LogP contribution in [0, 0.1) is 12.7 Å². The van der Waals surface area contributed by atoms with Crippen LogP contribution in [0.3, 0.4) is 0 Å². The van der Waals surface area contributed by atoms with E-state index < -0.39 is 27.9 Å². The topological polar surface area (TPSA) is 89.7 Å². The second-order valence-electron chi connectivity index (χ2n) is 6.84. The van der Waals surface area contributed by atoms with E-state index in [4.69, 9.17) is 10.5 Å². The third-order valence-corrected chi connectivity index (χ3v) is 8.19. The molecule has 2 heterocycles. The molecule has 29 heavy (non-hydrogen) atoms. The van der Waals surface area contributed by atoms with Crippen LogP contribution in [0.5, 0.6) is 0 Å². The van der Waals surface area contributed by atoms with Gasteiger partial charge in [0.15, 0.2) is 0 Å². The van der Waals surface area contributed by atoms with Crippen molar-refractivity contribution in [1.29, 1.82) is 0 Å². The van der Waals surface area contributed by atoms with Crippen molar-refractivity contribution < 1.29 is 22.3 Å². The van der Waals surface area contributed by atoms with Crippen LogP contribution in [-0.4, -0.2) is 38.3 Å². The SMILES string of the molecule is Cc1ccc(F)cc1S(=O)(=O)N1CCOC(c2c(C(N)=O)sc3ccccc23)C1. The van der Waals surface area contributed by atoms with Crippen molar-refractivity contribution >= 4 is 37.4 Å². The highest BCUT2D eigenvalue weighted by Crippen LogP contribution is 2.38. The molecule has 1 amide bonds. The molecule has 1 atom stereocenters. The van der Waals surface area contributed by atoms with E-state index >= 15 is 0 Å². The first-order chi connectivity index (χ1) is 13.8. The van der Waals surface area contributed by atoms with Crippen LogP contribution in [0.1, 0.15) is 26.9 Å². The molecular weight excluding hydrogens is 415 g/mol. The van der Waals surface area contributed by atoms with E-state index in [2.05, 4.69) is 0 Å². The molecule has 1 aliphatic heterocycles. The van der Waals surface area contributed by atoms with Crippen LogP contribution in [0.4, 0.5) is 4.39 Å². The molecule has 152 valence electrons. The third-order valence-electron chi connectivity index (χ3n) is 4.98. The molecule has 9 heteroatoms. The standard InChI is InChI=1S/C20H19FN2O4S2/c1-12-6-7-13(21)10-17(12)29(25,26)23-8-9-27-15(11-23)18-14-4-2-3-5-16(14)28-19(18)20(22)24/h2-7,10,15H,8-9,11H2,1H3,(H2,22,24). The van der Waals surface area contributed by atoms with Crippen molar-refractivity contribution in [2.75, 3.05) is 19.7 Å². The molecule has 2 aromatic carbocycles. The summed E-state index contributed by atoms with van der Waals surface area (Å²) < 4.78 is 48.1. The number of rotatable bonds is 4. The highest BCUT2D eigenvalue weighted by Gasteiger charge is 2.35. The van der Waals surface area contributed by atoms with E-state index in [-0.39, 0.29) is 24.6 Å². The van der Waals surface area contributed by atoms with Gasteiger partial charge < -0.3 is 10.5 Å². The van der Waals surface area contributed by atoms with Crippen LogP contribution in [-0.2, 0) is 14.8 Å². The van der Waals surface area contributed by atoms with Gasteiger partial charge in [-0.05, 0) is 36.1 Å². The number of carbonyl (C=O) groups is 1. The first kappa shape index (κ1) is 20.0. The Bertz CT molecular complexity index is 1210. The van der Waals surface area contributed by atoms with Gasteiger partial charge in [0.25, 0.3) is 5.91 Å². The zero-order valence-electron chi connectivity index (χ0n) is 15.6. The van der Waals surface area contributed by atoms with Crippen molar-refractivity contribution in [2.24, 2.45) is 5.73 Å². The highest BCUT2D eigenvalue weighted by atomic mass is 32.2. The zero-order chi connectivity index (χ0) is 20.8. The van der Waals surface area contributed by atoms with Gasteiger partial charge >= 0.3 is 0 Å². The third kappa shape index (κ3) is 3.55. The van der Waals surface area contributed by atoms with E-state index in [0.29, 0.717) is 16.0 Å². The Morgan fingerprint density at radius 1 is 1.28 bits per heavy atom. The molecule has 2 N–H and O–H groups in total. The van der Waals surface area contributed by atoms with Gasteiger partial charge in [-0.3, -0.25) is 4.79 Å². The summed E-state index contributed by atoms with van der Waals surface area (Å²) in [5.41, 5.74) is 6.65. The fourth-order valence-electron chi connectivity index (χ4n) is 3.58. The number of aryl methyl sites for hydroxylation is 1. The monoisotopic (exact) mass is 434 g/mol. The number of benzene rings is 2. The van der Waals surface area contributed by atoms with E-state index in [0.717, 1.165) is 16.2 Å². The van der Waals surface area contributed by atoms with Gasteiger partial charge in [-0.25, -0.2) is 12.8 Å². The van der Waals surface area contributed by atoms with E-state index in [1.807, 2.05) is 24.3 Å². The number of nitrogens with zero attached hydrogens (tertiary/aromatic N) is 1. The second-order valence-corrected chi connectivity index (χ2v) is 9.80. The molecular formula is C20H19FN2O4S2. The molecule has 0 radical (unpaired) electrons. The van der Waals surface area contributed by atoms with Gasteiger partial charge in [0.1, 0.15) is 5.82 Å². The van der Waals surface area contributed by atoms with Crippen molar-refractivity contribution in [1.82, 2.24) is 4.31 Å². The Morgan fingerprint density at radius 3 is 2.79 bits per heavy atom. The lowest BCUT2D eigenvalue weighted by Crippen LogP contribution is -2.42. The van der Waals surface area contributed by atoms with Crippen LogP contribution < -0.4 is 5.73 Å². The normalized spacial score (nSPS) is 18.2. The Labute approximate surface area is 171 Å². The van der Waals surface area contributed by atoms with Gasteiger partial charge in [-0.15, -0.1) is 11.3 Å². The van der Waals surface area contributed by atoms with Gasteiger partial charge in [0.2, 0.25) is 10.0 Å². The number of primary amides is 1. The Morgan fingerprint density at radius 2 is 2.03 bits per heavy atom. The molecule has 0 bridgehead atoms. The maximum atomic E-state index is 13.7. The predicted octanol–water partition coefficient (Wildman–Crippen LogP) is 3.21. The Kier molecular flexibility index (Phi) is 5.16. The molecule has 1 aliphatic rings. The van der Waals surface area contributed by atoms with Crippen molar-refractivity contribution in [2.45, 2.75) is 17.9 Å². The van der Waals surface area contributed by atoms with Gasteiger partial charge in [0.05, 0.1) is 22.5 Å². The fraction of sp³-hybridized carbons (Fsp3) is 0.250. The van der Waals surface area contributed by atoms with Crippen molar-refractivity contribution in [3.8, 4) is 0 Å². The van der Waals surface area contributed by atoms with Gasteiger partial charge in [-0.1, -0.05) is 24.3 Å². The predicted molar refractivity (Wildman–Crippen MR) is 109 cm³/mol. The summed E-state index contributed by atoms with van der Waals surface area (Å²) >= 11 is 1.26. The average Bonchev–Trinajstić information content (AvgIpc) is 3.10. The molecule has 3 aromatic rings. The quantitative estimate of drug-likeness (QED) is 0.683. The van der Waals surface area contributed by atoms with E-state index in [9.17, 15) is 17.6 Å². The number of carbonyl (C=O) groups excluding carboxylic acids is 1. The number of morpholine rings is 1. The molecule has 0 spiro atoms. The van der Waals surface area contributed by atoms with Gasteiger partial charge in [-0.2, -0.15) is 4.31 Å². The highest BCUT2D eigenvalue weighted by molar-refractivity contribution is 7.89. The van der Waals surface area contributed by atoms with Crippen LogP contribution in [0.15, 0.2) is 47.4 Å². The molecule has 1 fully saturated rings. The van der Waals surface area contributed by atoms with E-state index in [1.165, 1.54) is 27.8 Å². The largest absolute Gasteiger partial charge is 0.371 e. The first-order valence-electron chi connectivity index (χ1n) is 8.98. The van der Waals surface area contributed by atoms with Crippen LogP contribution in [0.2, 0.25) is 0 Å². The number of hydrogen-bond donors (Lipinski definition) is 1. The lowest BCUT2D eigenvalue weighted by atomic mass is 10.0. The lowest BCUT2D eigenvalue weighted by Gasteiger charge is -2.33. The summed E-state index contributed by atoms with van der Waals surface area (Å²) in [6, 6.07) is 11.1. The van der Waals surface area contributed by atoms with Crippen LogP contribution in [0.25, 0.3) is 10.1 Å². The lowest BCUT2D eigenvalue weighted by molar-refractivity contribution is -0.00190. The molecule has 1 saturated heterocycles. The average molecular weight is 435 g/mol. The number of thiophene rings is 1. The summed E-state index contributed by atoms with van der Waals surface area (Å²) in [5, 5.41) is 0.817. The molecule has 6 nitrogen and oxygen atoms in total. The number of amides is 1. The summed E-state index contributed by atoms with van der Waals surface area (Å²) in [5.74, 6) is -1.19. The minimum Gasteiger partial charge on any atom is -0.371 e. The molecule has 0 saturated carbocycles. The zero-order valence-corrected chi connectivity index (χ0v) is 17.2. The van der Waals surface area contributed by atoms with E-state index in [1.54, 1.807) is 6.92 Å².